The van der Waals surface area contributed by atoms with Gasteiger partial charge in [0.05, 0.1) is 12.1 Å². The third kappa shape index (κ3) is 4.63. The van der Waals surface area contributed by atoms with Crippen LogP contribution in [0.5, 0.6) is 5.75 Å². The fourth-order valence-electron chi connectivity index (χ4n) is 4.32. The number of ether oxygens (including phenoxy) is 1. The number of nitrogens with zero attached hydrogens (tertiary/aromatic N) is 3. The van der Waals surface area contributed by atoms with Crippen molar-refractivity contribution >= 4 is 28.3 Å². The molecule has 0 radical (unpaired) electrons. The fourth-order valence-corrected chi connectivity index (χ4v) is 4.32. The zero-order valence-corrected chi connectivity index (χ0v) is 20.4. The molecule has 0 unspecified atom stereocenters. The second-order valence-electron chi connectivity index (χ2n) is 8.38. The standard InChI is InChI=1S/C29H27N5O2/c1-4-36-24-11-8-20(9-12-24)21-10-13-25-26(22-6-5-7-23(14-22)33-19(2)35)17-34(27(25)15-21)29-16-28(30-3)31-18-32-29/h5-18H,4H2,1-3H3,(H,33,35)(H,30,31,32). The maximum atomic E-state index is 11.6. The monoisotopic (exact) mass is 477 g/mol. The first-order valence-electron chi connectivity index (χ1n) is 11.8. The number of amides is 1. The highest BCUT2D eigenvalue weighted by molar-refractivity contribution is 6.00. The summed E-state index contributed by atoms with van der Waals surface area (Å²) in [6.07, 6.45) is 3.64. The van der Waals surface area contributed by atoms with Crippen LogP contribution < -0.4 is 15.4 Å². The van der Waals surface area contributed by atoms with Crippen molar-refractivity contribution < 1.29 is 9.53 Å². The molecule has 3 aromatic carbocycles. The molecule has 5 rings (SSSR count). The minimum Gasteiger partial charge on any atom is -0.494 e. The average Bonchev–Trinajstić information content (AvgIpc) is 3.28. The van der Waals surface area contributed by atoms with E-state index in [2.05, 4.69) is 61.7 Å². The smallest absolute Gasteiger partial charge is 0.221 e. The van der Waals surface area contributed by atoms with Crippen LogP contribution in [0.2, 0.25) is 0 Å². The molecule has 7 nitrogen and oxygen atoms in total. The molecule has 7 heteroatoms. The Morgan fingerprint density at radius 1 is 0.944 bits per heavy atom. The Morgan fingerprint density at radius 2 is 1.75 bits per heavy atom. The Kier molecular flexibility index (Phi) is 6.36. The highest BCUT2D eigenvalue weighted by Gasteiger charge is 2.15. The largest absolute Gasteiger partial charge is 0.494 e. The highest BCUT2D eigenvalue weighted by atomic mass is 16.5. The number of fused-ring (bicyclic) bond motifs is 1. The van der Waals surface area contributed by atoms with Gasteiger partial charge in [-0.3, -0.25) is 4.79 Å². The fraction of sp³-hybridized carbons (Fsp3) is 0.138. The number of aromatic nitrogens is 3. The van der Waals surface area contributed by atoms with Crippen molar-refractivity contribution in [2.24, 2.45) is 0 Å². The molecule has 1 amide bonds. The van der Waals surface area contributed by atoms with Crippen LogP contribution in [0.1, 0.15) is 13.8 Å². The summed E-state index contributed by atoms with van der Waals surface area (Å²) in [5.74, 6) is 2.24. The third-order valence-corrected chi connectivity index (χ3v) is 5.95. The number of hydrogen-bond acceptors (Lipinski definition) is 5. The Morgan fingerprint density at radius 3 is 2.50 bits per heavy atom. The summed E-state index contributed by atoms with van der Waals surface area (Å²) in [6.45, 7) is 4.12. The van der Waals surface area contributed by atoms with E-state index in [4.69, 9.17) is 4.74 Å². The van der Waals surface area contributed by atoms with Gasteiger partial charge in [-0.1, -0.05) is 36.4 Å². The molecule has 0 aliphatic carbocycles. The Bertz CT molecular complexity index is 1540. The molecular formula is C29H27N5O2. The predicted octanol–water partition coefficient (Wildman–Crippen LogP) is 6.15. The lowest BCUT2D eigenvalue weighted by molar-refractivity contribution is -0.114. The maximum Gasteiger partial charge on any atom is 0.221 e. The van der Waals surface area contributed by atoms with E-state index in [1.165, 1.54) is 6.92 Å². The van der Waals surface area contributed by atoms with E-state index in [1.54, 1.807) is 6.33 Å². The van der Waals surface area contributed by atoms with Crippen LogP contribution in [0.3, 0.4) is 0 Å². The van der Waals surface area contributed by atoms with Crippen LogP contribution in [0.25, 0.3) is 39.0 Å². The van der Waals surface area contributed by atoms with Crippen molar-refractivity contribution in [1.29, 1.82) is 0 Å². The minimum atomic E-state index is -0.102. The van der Waals surface area contributed by atoms with Gasteiger partial charge < -0.3 is 19.9 Å². The number of rotatable bonds is 7. The van der Waals surface area contributed by atoms with Crippen molar-refractivity contribution in [2.45, 2.75) is 13.8 Å². The summed E-state index contributed by atoms with van der Waals surface area (Å²) in [7, 11) is 1.84. The van der Waals surface area contributed by atoms with E-state index in [-0.39, 0.29) is 5.91 Å². The molecule has 0 atom stereocenters. The summed E-state index contributed by atoms with van der Waals surface area (Å²) in [6, 6.07) is 24.3. The molecule has 0 aliphatic rings. The number of nitrogens with one attached hydrogen (secondary N) is 2. The van der Waals surface area contributed by atoms with Gasteiger partial charge in [0.2, 0.25) is 5.91 Å². The average molecular weight is 478 g/mol. The van der Waals surface area contributed by atoms with Crippen LogP contribution in [0, 0.1) is 0 Å². The normalized spacial score (nSPS) is 10.9. The lowest BCUT2D eigenvalue weighted by Crippen LogP contribution is -2.05. The quantitative estimate of drug-likeness (QED) is 0.294. The van der Waals surface area contributed by atoms with Crippen molar-refractivity contribution in [3.63, 3.8) is 0 Å². The second kappa shape index (κ2) is 9.92. The lowest BCUT2D eigenvalue weighted by atomic mass is 10.0. The molecule has 180 valence electrons. The van der Waals surface area contributed by atoms with Gasteiger partial charge in [0.1, 0.15) is 23.7 Å². The van der Waals surface area contributed by atoms with Gasteiger partial charge in [-0.2, -0.15) is 0 Å². The van der Waals surface area contributed by atoms with E-state index in [9.17, 15) is 4.79 Å². The summed E-state index contributed by atoms with van der Waals surface area (Å²) < 4.78 is 7.68. The Hall–Kier alpha value is -4.65. The van der Waals surface area contributed by atoms with E-state index in [1.807, 2.05) is 56.4 Å². The van der Waals surface area contributed by atoms with Gasteiger partial charge in [0.25, 0.3) is 0 Å². The maximum absolute atomic E-state index is 11.6. The van der Waals surface area contributed by atoms with Gasteiger partial charge in [0.15, 0.2) is 0 Å². The second-order valence-corrected chi connectivity index (χ2v) is 8.38. The molecule has 0 fully saturated rings. The van der Waals surface area contributed by atoms with E-state index in [0.29, 0.717) is 6.61 Å². The number of carbonyl (C=O) groups excluding carboxylic acids is 1. The van der Waals surface area contributed by atoms with Crippen LogP contribution >= 0.6 is 0 Å². The Labute approximate surface area is 209 Å². The van der Waals surface area contributed by atoms with Crippen molar-refractivity contribution in [1.82, 2.24) is 14.5 Å². The Balaban J connectivity index is 1.67. The van der Waals surface area contributed by atoms with Crippen LogP contribution in [0.4, 0.5) is 11.5 Å². The first-order chi connectivity index (χ1) is 17.6. The molecule has 5 aromatic rings. The summed E-state index contributed by atoms with van der Waals surface area (Å²) in [5.41, 5.74) is 6.00. The summed E-state index contributed by atoms with van der Waals surface area (Å²) >= 11 is 0. The van der Waals surface area contributed by atoms with Gasteiger partial charge in [-0.05, 0) is 53.9 Å². The molecule has 2 heterocycles. The van der Waals surface area contributed by atoms with Gasteiger partial charge in [-0.25, -0.2) is 9.97 Å². The SMILES string of the molecule is CCOc1ccc(-c2ccc3c(-c4cccc(NC(C)=O)c4)cn(-c4cc(NC)ncn4)c3c2)cc1. The molecule has 0 bridgehead atoms. The van der Waals surface area contributed by atoms with Crippen molar-refractivity contribution in [3.05, 3.63) is 85.3 Å². The molecule has 0 spiro atoms. The number of benzene rings is 3. The molecule has 0 saturated heterocycles. The summed E-state index contributed by atoms with van der Waals surface area (Å²) in [5, 5.41) is 7.04. The van der Waals surface area contributed by atoms with Crippen LogP contribution in [0.15, 0.2) is 85.3 Å². The first kappa shape index (κ1) is 23.1. The minimum absolute atomic E-state index is 0.102. The van der Waals surface area contributed by atoms with E-state index >= 15 is 0 Å². The van der Waals surface area contributed by atoms with E-state index < -0.39 is 0 Å². The van der Waals surface area contributed by atoms with Gasteiger partial charge >= 0.3 is 0 Å². The predicted molar refractivity (Wildman–Crippen MR) is 145 cm³/mol. The molecule has 36 heavy (non-hydrogen) atoms. The first-order valence-corrected chi connectivity index (χ1v) is 11.8. The van der Waals surface area contributed by atoms with Crippen molar-refractivity contribution in [2.75, 3.05) is 24.3 Å². The molecule has 2 aromatic heterocycles. The lowest BCUT2D eigenvalue weighted by Gasteiger charge is -2.09. The molecule has 0 aliphatic heterocycles. The van der Waals surface area contributed by atoms with Gasteiger partial charge in [0, 0.05) is 42.9 Å². The highest BCUT2D eigenvalue weighted by Crippen LogP contribution is 2.36. The van der Waals surface area contributed by atoms with Gasteiger partial charge in [-0.15, -0.1) is 0 Å². The zero-order chi connectivity index (χ0) is 25.1. The number of hydrogen-bond donors (Lipinski definition) is 2. The van der Waals surface area contributed by atoms with Crippen molar-refractivity contribution in [3.8, 4) is 33.8 Å². The molecule has 2 N–H and O–H groups in total. The molecular weight excluding hydrogens is 450 g/mol. The van der Waals surface area contributed by atoms with Crippen LogP contribution in [-0.2, 0) is 4.79 Å². The third-order valence-electron chi connectivity index (χ3n) is 5.95. The molecule has 0 saturated carbocycles. The van der Waals surface area contributed by atoms with E-state index in [0.717, 1.165) is 56.2 Å². The summed E-state index contributed by atoms with van der Waals surface area (Å²) in [4.78, 5) is 20.4. The number of anilines is 2. The number of carbonyl (C=O) groups is 1. The zero-order valence-electron chi connectivity index (χ0n) is 20.4. The van der Waals surface area contributed by atoms with Crippen LogP contribution in [-0.4, -0.2) is 34.1 Å². The topological polar surface area (TPSA) is 81.1 Å².